The summed E-state index contributed by atoms with van der Waals surface area (Å²) in [7, 11) is -1.81. The van der Waals surface area contributed by atoms with Crippen molar-refractivity contribution in [2.24, 2.45) is 0 Å². The van der Waals surface area contributed by atoms with Crippen LogP contribution in [0.4, 0.5) is 0 Å². The van der Waals surface area contributed by atoms with E-state index in [2.05, 4.69) is 123 Å². The average molecular weight is 377 g/mol. The number of hydrogen-bond acceptors (Lipinski definition) is 1. The van der Waals surface area contributed by atoms with Crippen LogP contribution in [0.1, 0.15) is 33.3 Å². The predicted octanol–water partition coefficient (Wildman–Crippen LogP) is 5.89. The number of rotatable bonds is 7. The van der Waals surface area contributed by atoms with Crippen molar-refractivity contribution < 1.29 is 0 Å². The van der Waals surface area contributed by atoms with Gasteiger partial charge in [0.25, 0.3) is 0 Å². The lowest BCUT2D eigenvalue weighted by molar-refractivity contribution is 0.320. The largest absolute Gasteiger partial charge is 0.165 e. The zero-order chi connectivity index (χ0) is 19.3. The lowest BCUT2D eigenvalue weighted by Crippen LogP contribution is -2.45. The van der Waals surface area contributed by atoms with Crippen LogP contribution in [-0.2, 0) is 6.16 Å². The normalized spacial score (nSPS) is 12.1. The average Bonchev–Trinajstić information content (AvgIpc) is 2.69. The quantitative estimate of drug-likeness (QED) is 0.465. The van der Waals surface area contributed by atoms with Crippen molar-refractivity contribution in [3.05, 3.63) is 96.6 Å². The van der Waals surface area contributed by atoms with E-state index >= 15 is 0 Å². The Kier molecular flexibility index (Phi) is 6.47. The number of hydrogen-bond donors (Lipinski definition) is 0. The Hall–Kier alpha value is -1.95. The summed E-state index contributed by atoms with van der Waals surface area (Å²) in [6.45, 7) is 9.36. The second kappa shape index (κ2) is 8.83. The van der Waals surface area contributed by atoms with E-state index in [1.807, 2.05) is 0 Å². The molecule has 0 amide bonds. The van der Waals surface area contributed by atoms with E-state index in [9.17, 15) is 0 Å². The Bertz CT molecular complexity index is 765. The fourth-order valence-corrected chi connectivity index (χ4v) is 9.27. The summed E-state index contributed by atoms with van der Waals surface area (Å²) in [5, 5.41) is 2.92. The number of nitrogens with zero attached hydrogens (tertiary/aromatic N) is 1. The highest BCUT2D eigenvalue weighted by atomic mass is 31.2. The molecule has 3 rings (SSSR count). The van der Waals surface area contributed by atoms with Gasteiger partial charge in [-0.25, -0.2) is 0 Å². The number of benzene rings is 3. The Balaban J connectivity index is 2.30. The summed E-state index contributed by atoms with van der Waals surface area (Å²) in [4.78, 5) is 0. The first-order valence-electron chi connectivity index (χ1n) is 9.87. The van der Waals surface area contributed by atoms with E-state index < -0.39 is 7.41 Å². The van der Waals surface area contributed by atoms with Crippen LogP contribution in [0.5, 0.6) is 0 Å². The van der Waals surface area contributed by atoms with Crippen LogP contribution in [0.3, 0.4) is 0 Å². The fourth-order valence-electron chi connectivity index (χ4n) is 4.26. The SMILES string of the molecule is CC(C)N(C(C)C)[P+](Cc1ccccc1)(c1ccccc1)c1ccccc1. The molecule has 0 N–H and O–H groups in total. The maximum absolute atomic E-state index is 2.78. The lowest BCUT2D eigenvalue weighted by Gasteiger charge is -2.41. The first-order chi connectivity index (χ1) is 13.1. The van der Waals surface area contributed by atoms with Crippen LogP contribution in [0, 0.1) is 0 Å². The van der Waals surface area contributed by atoms with Gasteiger partial charge in [0.1, 0.15) is 16.8 Å². The molecule has 0 aliphatic heterocycles. The molecule has 1 nitrogen and oxygen atoms in total. The minimum Gasteiger partial charge on any atom is -0.165 e. The highest BCUT2D eigenvalue weighted by Gasteiger charge is 2.51. The van der Waals surface area contributed by atoms with Crippen LogP contribution >= 0.6 is 7.41 Å². The Morgan fingerprint density at radius 2 is 0.963 bits per heavy atom. The summed E-state index contributed by atoms with van der Waals surface area (Å²) in [6.07, 6.45) is 1.05. The summed E-state index contributed by atoms with van der Waals surface area (Å²) in [5.41, 5.74) is 1.41. The van der Waals surface area contributed by atoms with Crippen molar-refractivity contribution in [1.82, 2.24) is 4.67 Å². The van der Waals surface area contributed by atoms with Gasteiger partial charge in [0.15, 0.2) is 7.41 Å². The molecule has 2 heteroatoms. The molecule has 0 unspecified atom stereocenters. The molecule has 0 spiro atoms. The van der Waals surface area contributed by atoms with Gasteiger partial charge in [0.05, 0.1) is 0 Å². The van der Waals surface area contributed by atoms with E-state index in [0.29, 0.717) is 12.1 Å². The van der Waals surface area contributed by atoms with E-state index in [-0.39, 0.29) is 0 Å². The molecule has 0 aromatic heterocycles. The molecular weight excluding hydrogens is 345 g/mol. The van der Waals surface area contributed by atoms with Gasteiger partial charge in [-0.05, 0) is 57.5 Å². The zero-order valence-electron chi connectivity index (χ0n) is 16.9. The Morgan fingerprint density at radius 3 is 1.33 bits per heavy atom. The minimum absolute atomic E-state index is 0.461. The highest BCUT2D eigenvalue weighted by Crippen LogP contribution is 2.64. The van der Waals surface area contributed by atoms with Crippen molar-refractivity contribution in [2.75, 3.05) is 0 Å². The van der Waals surface area contributed by atoms with Gasteiger partial charge in [0, 0.05) is 12.1 Å². The molecule has 0 saturated carbocycles. The van der Waals surface area contributed by atoms with E-state index in [1.54, 1.807) is 0 Å². The summed E-state index contributed by atoms with van der Waals surface area (Å²) >= 11 is 0. The van der Waals surface area contributed by atoms with Crippen LogP contribution in [0.2, 0.25) is 0 Å². The van der Waals surface area contributed by atoms with E-state index in [1.165, 1.54) is 16.2 Å². The van der Waals surface area contributed by atoms with Gasteiger partial charge >= 0.3 is 0 Å². The highest BCUT2D eigenvalue weighted by molar-refractivity contribution is 7.86. The maximum atomic E-state index is 2.78. The lowest BCUT2D eigenvalue weighted by atomic mass is 10.2. The molecule has 0 aliphatic rings. The molecular formula is C25H31NP+. The molecule has 0 atom stereocenters. The summed E-state index contributed by atoms with van der Waals surface area (Å²) in [6, 6.07) is 34.3. The molecule has 3 aromatic carbocycles. The minimum atomic E-state index is -1.81. The van der Waals surface area contributed by atoms with Crippen LogP contribution in [0.25, 0.3) is 0 Å². The van der Waals surface area contributed by atoms with Crippen LogP contribution < -0.4 is 10.6 Å². The van der Waals surface area contributed by atoms with Crippen molar-refractivity contribution in [3.8, 4) is 0 Å². The third-order valence-corrected chi connectivity index (χ3v) is 9.91. The topological polar surface area (TPSA) is 3.24 Å². The molecule has 0 saturated heterocycles. The van der Waals surface area contributed by atoms with Crippen molar-refractivity contribution in [2.45, 2.75) is 45.9 Å². The van der Waals surface area contributed by atoms with Gasteiger partial charge in [-0.3, -0.25) is 0 Å². The molecule has 27 heavy (non-hydrogen) atoms. The Morgan fingerprint density at radius 1 is 0.593 bits per heavy atom. The standard InChI is InChI=1S/C25H31NP/c1-21(2)26(22(3)4)27(24-16-10-6-11-17-24,25-18-12-7-13-19-25)20-23-14-8-5-9-15-23/h5-19,21-22H,20H2,1-4H3/q+1. The van der Waals surface area contributed by atoms with Gasteiger partial charge in [-0.15, -0.1) is 0 Å². The van der Waals surface area contributed by atoms with Gasteiger partial charge in [-0.1, -0.05) is 66.7 Å². The first-order valence-corrected chi connectivity index (χ1v) is 11.8. The van der Waals surface area contributed by atoms with Crippen LogP contribution in [-0.4, -0.2) is 16.8 Å². The van der Waals surface area contributed by atoms with Gasteiger partial charge in [0.2, 0.25) is 0 Å². The molecule has 0 aliphatic carbocycles. The third-order valence-electron chi connectivity index (χ3n) is 5.07. The van der Waals surface area contributed by atoms with Crippen molar-refractivity contribution >= 4 is 18.0 Å². The van der Waals surface area contributed by atoms with E-state index in [0.717, 1.165) is 6.16 Å². The van der Waals surface area contributed by atoms with Crippen molar-refractivity contribution in [3.63, 3.8) is 0 Å². The first kappa shape index (κ1) is 19.8. The molecule has 0 radical (unpaired) electrons. The van der Waals surface area contributed by atoms with Gasteiger partial charge in [-0.2, -0.15) is 4.67 Å². The molecule has 0 bridgehead atoms. The van der Waals surface area contributed by atoms with E-state index in [4.69, 9.17) is 0 Å². The second-order valence-corrected chi connectivity index (χ2v) is 11.0. The monoisotopic (exact) mass is 376 g/mol. The van der Waals surface area contributed by atoms with Crippen LogP contribution in [0.15, 0.2) is 91.0 Å². The molecule has 140 valence electrons. The summed E-state index contributed by atoms with van der Waals surface area (Å²) in [5.74, 6) is 0. The maximum Gasteiger partial charge on any atom is 0.153 e. The fraction of sp³-hybridized carbons (Fsp3) is 0.280. The summed E-state index contributed by atoms with van der Waals surface area (Å²) < 4.78 is 2.78. The second-order valence-electron chi connectivity index (χ2n) is 7.65. The zero-order valence-corrected chi connectivity index (χ0v) is 17.8. The molecule has 0 fully saturated rings. The predicted molar refractivity (Wildman–Crippen MR) is 121 cm³/mol. The molecule has 3 aromatic rings. The van der Waals surface area contributed by atoms with Gasteiger partial charge < -0.3 is 0 Å². The Labute approximate surface area is 165 Å². The smallest absolute Gasteiger partial charge is 0.153 e. The molecule has 0 heterocycles. The van der Waals surface area contributed by atoms with Crippen molar-refractivity contribution in [1.29, 1.82) is 0 Å². The third kappa shape index (κ3) is 4.15.